The minimum Gasteiger partial charge on any atom is -0.496 e. The molecular formula is C18H29NO. The standard InChI is InChI=1S/C18H29NO/c1-13(2)16-10-9-14(3)11-18(16,19)12-15-7-5-6-8-17(15)20-4/h5-8,13-14,16H,9-12,19H2,1-4H3. The van der Waals surface area contributed by atoms with Crippen molar-refractivity contribution >= 4 is 0 Å². The van der Waals surface area contributed by atoms with E-state index in [-0.39, 0.29) is 5.54 Å². The molecule has 0 saturated heterocycles. The van der Waals surface area contributed by atoms with E-state index in [0.717, 1.165) is 24.5 Å². The summed E-state index contributed by atoms with van der Waals surface area (Å²) in [5, 5.41) is 0. The van der Waals surface area contributed by atoms with E-state index < -0.39 is 0 Å². The Morgan fingerprint density at radius 2 is 2.00 bits per heavy atom. The average Bonchev–Trinajstić information content (AvgIpc) is 2.38. The first-order valence-electron chi connectivity index (χ1n) is 7.87. The van der Waals surface area contributed by atoms with Crippen molar-refractivity contribution in [3.8, 4) is 5.75 Å². The molecule has 1 aromatic carbocycles. The number of hydrogen-bond donors (Lipinski definition) is 1. The quantitative estimate of drug-likeness (QED) is 0.900. The Labute approximate surface area is 123 Å². The molecule has 1 aliphatic rings. The minimum absolute atomic E-state index is 0.0968. The number of ether oxygens (including phenoxy) is 1. The summed E-state index contributed by atoms with van der Waals surface area (Å²) < 4.78 is 5.50. The van der Waals surface area contributed by atoms with Gasteiger partial charge in [-0.3, -0.25) is 0 Å². The molecule has 0 amide bonds. The van der Waals surface area contributed by atoms with E-state index >= 15 is 0 Å². The highest BCUT2D eigenvalue weighted by Crippen LogP contribution is 2.42. The molecule has 1 aliphatic carbocycles. The van der Waals surface area contributed by atoms with Gasteiger partial charge in [0.15, 0.2) is 0 Å². The van der Waals surface area contributed by atoms with Crippen molar-refractivity contribution in [1.29, 1.82) is 0 Å². The van der Waals surface area contributed by atoms with Crippen molar-refractivity contribution in [1.82, 2.24) is 0 Å². The van der Waals surface area contributed by atoms with Crippen LogP contribution in [-0.4, -0.2) is 12.6 Å². The first-order chi connectivity index (χ1) is 9.46. The maximum Gasteiger partial charge on any atom is 0.122 e. The van der Waals surface area contributed by atoms with Crippen LogP contribution in [0.1, 0.15) is 45.6 Å². The van der Waals surface area contributed by atoms with E-state index in [4.69, 9.17) is 10.5 Å². The molecule has 0 heterocycles. The van der Waals surface area contributed by atoms with Crippen LogP contribution in [0.4, 0.5) is 0 Å². The summed E-state index contributed by atoms with van der Waals surface area (Å²) in [6, 6.07) is 8.30. The van der Waals surface area contributed by atoms with Crippen molar-refractivity contribution in [2.45, 2.75) is 52.0 Å². The Morgan fingerprint density at radius 3 is 2.65 bits per heavy atom. The smallest absolute Gasteiger partial charge is 0.122 e. The SMILES string of the molecule is COc1ccccc1CC1(N)CC(C)CCC1C(C)C. The summed E-state index contributed by atoms with van der Waals surface area (Å²) in [6.07, 6.45) is 4.61. The van der Waals surface area contributed by atoms with Crippen molar-refractivity contribution < 1.29 is 4.74 Å². The predicted molar refractivity (Wildman–Crippen MR) is 85.0 cm³/mol. The normalized spacial score (nSPS) is 30.5. The van der Waals surface area contributed by atoms with Crippen LogP contribution in [-0.2, 0) is 6.42 Å². The molecule has 1 fully saturated rings. The van der Waals surface area contributed by atoms with Crippen LogP contribution in [0.3, 0.4) is 0 Å². The second kappa shape index (κ2) is 6.17. The Morgan fingerprint density at radius 1 is 1.30 bits per heavy atom. The topological polar surface area (TPSA) is 35.2 Å². The first kappa shape index (κ1) is 15.4. The fourth-order valence-corrected chi connectivity index (χ4v) is 4.06. The van der Waals surface area contributed by atoms with E-state index in [2.05, 4.69) is 32.9 Å². The number of benzene rings is 1. The third kappa shape index (κ3) is 3.17. The van der Waals surface area contributed by atoms with Gasteiger partial charge < -0.3 is 10.5 Å². The molecule has 20 heavy (non-hydrogen) atoms. The van der Waals surface area contributed by atoms with Crippen LogP contribution in [0.15, 0.2) is 24.3 Å². The molecule has 2 rings (SSSR count). The molecule has 0 aromatic heterocycles. The highest BCUT2D eigenvalue weighted by molar-refractivity contribution is 5.35. The number of nitrogens with two attached hydrogens (primary N) is 1. The Bertz CT molecular complexity index is 443. The fourth-order valence-electron chi connectivity index (χ4n) is 4.06. The van der Waals surface area contributed by atoms with E-state index in [0.29, 0.717) is 11.8 Å². The number of para-hydroxylation sites is 1. The van der Waals surface area contributed by atoms with Crippen LogP contribution < -0.4 is 10.5 Å². The third-order valence-corrected chi connectivity index (χ3v) is 4.95. The molecule has 2 nitrogen and oxygen atoms in total. The second-order valence-electron chi connectivity index (χ2n) is 6.96. The molecule has 0 radical (unpaired) electrons. The molecular weight excluding hydrogens is 246 g/mol. The lowest BCUT2D eigenvalue weighted by Gasteiger charge is -2.46. The lowest BCUT2D eigenvalue weighted by atomic mass is 9.63. The highest BCUT2D eigenvalue weighted by atomic mass is 16.5. The van der Waals surface area contributed by atoms with Gasteiger partial charge in [0.05, 0.1) is 7.11 Å². The fraction of sp³-hybridized carbons (Fsp3) is 0.667. The van der Waals surface area contributed by atoms with Crippen molar-refractivity contribution in [2.75, 3.05) is 7.11 Å². The van der Waals surface area contributed by atoms with Crippen LogP contribution in [0, 0.1) is 17.8 Å². The molecule has 3 atom stereocenters. The zero-order valence-electron chi connectivity index (χ0n) is 13.4. The van der Waals surface area contributed by atoms with Gasteiger partial charge >= 0.3 is 0 Å². The van der Waals surface area contributed by atoms with Gasteiger partial charge in [-0.2, -0.15) is 0 Å². The zero-order chi connectivity index (χ0) is 14.8. The summed E-state index contributed by atoms with van der Waals surface area (Å²) >= 11 is 0. The summed E-state index contributed by atoms with van der Waals surface area (Å²) in [4.78, 5) is 0. The summed E-state index contributed by atoms with van der Waals surface area (Å²) in [5.41, 5.74) is 8.05. The van der Waals surface area contributed by atoms with Crippen molar-refractivity contribution in [3.63, 3.8) is 0 Å². The highest BCUT2D eigenvalue weighted by Gasteiger charge is 2.41. The van der Waals surface area contributed by atoms with Gasteiger partial charge in [0.2, 0.25) is 0 Å². The van der Waals surface area contributed by atoms with Gasteiger partial charge in [0.25, 0.3) is 0 Å². The number of methoxy groups -OCH3 is 1. The Kier molecular flexibility index (Phi) is 4.74. The molecule has 0 bridgehead atoms. The van der Waals surface area contributed by atoms with Gasteiger partial charge in [-0.05, 0) is 48.6 Å². The van der Waals surface area contributed by atoms with Gasteiger partial charge in [-0.25, -0.2) is 0 Å². The average molecular weight is 275 g/mol. The first-order valence-corrected chi connectivity index (χ1v) is 7.87. The van der Waals surface area contributed by atoms with Gasteiger partial charge in [0, 0.05) is 5.54 Å². The Hall–Kier alpha value is -1.02. The molecule has 0 aliphatic heterocycles. The van der Waals surface area contributed by atoms with Crippen molar-refractivity contribution in [3.05, 3.63) is 29.8 Å². The van der Waals surface area contributed by atoms with Crippen LogP contribution in [0.25, 0.3) is 0 Å². The molecule has 112 valence electrons. The van der Waals surface area contributed by atoms with Crippen molar-refractivity contribution in [2.24, 2.45) is 23.5 Å². The lowest BCUT2D eigenvalue weighted by molar-refractivity contribution is 0.109. The molecule has 3 unspecified atom stereocenters. The summed E-state index contributed by atoms with van der Waals surface area (Å²) in [5.74, 6) is 2.94. The van der Waals surface area contributed by atoms with Gasteiger partial charge in [-0.15, -0.1) is 0 Å². The third-order valence-electron chi connectivity index (χ3n) is 4.95. The van der Waals surface area contributed by atoms with E-state index in [1.54, 1.807) is 7.11 Å². The summed E-state index contributed by atoms with van der Waals surface area (Å²) in [6.45, 7) is 6.95. The molecule has 2 heteroatoms. The van der Waals surface area contributed by atoms with Gasteiger partial charge in [-0.1, -0.05) is 45.4 Å². The molecule has 0 spiro atoms. The van der Waals surface area contributed by atoms with E-state index in [1.165, 1.54) is 18.4 Å². The van der Waals surface area contributed by atoms with Crippen LogP contribution in [0.2, 0.25) is 0 Å². The Balaban J connectivity index is 2.26. The maximum absolute atomic E-state index is 6.89. The summed E-state index contributed by atoms with van der Waals surface area (Å²) in [7, 11) is 1.74. The molecule has 1 saturated carbocycles. The number of rotatable bonds is 4. The lowest BCUT2D eigenvalue weighted by Crippen LogP contribution is -2.54. The zero-order valence-corrected chi connectivity index (χ0v) is 13.4. The minimum atomic E-state index is -0.0968. The predicted octanol–water partition coefficient (Wildman–Crippen LogP) is 4.03. The largest absolute Gasteiger partial charge is 0.496 e. The van der Waals surface area contributed by atoms with Crippen LogP contribution >= 0.6 is 0 Å². The second-order valence-corrected chi connectivity index (χ2v) is 6.96. The maximum atomic E-state index is 6.89. The number of hydrogen-bond acceptors (Lipinski definition) is 2. The van der Waals surface area contributed by atoms with Gasteiger partial charge in [0.1, 0.15) is 5.75 Å². The van der Waals surface area contributed by atoms with E-state index in [1.807, 2.05) is 12.1 Å². The van der Waals surface area contributed by atoms with E-state index in [9.17, 15) is 0 Å². The molecule has 2 N–H and O–H groups in total. The molecule has 1 aromatic rings. The monoisotopic (exact) mass is 275 g/mol. The van der Waals surface area contributed by atoms with Crippen LogP contribution in [0.5, 0.6) is 5.75 Å².